The Morgan fingerprint density at radius 1 is 1.47 bits per heavy atom. The highest BCUT2D eigenvalue weighted by Gasteiger charge is 2.22. The van der Waals surface area contributed by atoms with Gasteiger partial charge in [0.2, 0.25) is 0 Å². The lowest BCUT2D eigenvalue weighted by Gasteiger charge is -2.14. The molecule has 0 spiro atoms. The van der Waals surface area contributed by atoms with Gasteiger partial charge in [0, 0.05) is 0 Å². The second-order valence-electron chi connectivity index (χ2n) is 4.08. The number of rotatable bonds is 4. The first-order valence-corrected chi connectivity index (χ1v) is 5.86. The molecule has 0 saturated carbocycles. The Balaban J connectivity index is 2.60. The lowest BCUT2D eigenvalue weighted by Crippen LogP contribution is -2.19. The van der Waals surface area contributed by atoms with E-state index >= 15 is 0 Å². The van der Waals surface area contributed by atoms with Gasteiger partial charge in [-0.15, -0.1) is 0 Å². The molecule has 1 N–H and O–H groups in total. The van der Waals surface area contributed by atoms with Crippen LogP contribution in [0.4, 0.5) is 0 Å². The molecule has 6 heteroatoms. The predicted molar refractivity (Wildman–Crippen MR) is 68.0 cm³/mol. The molecule has 0 bridgehead atoms. The van der Waals surface area contributed by atoms with E-state index in [-0.39, 0.29) is 11.5 Å². The van der Waals surface area contributed by atoms with Crippen molar-refractivity contribution in [2.24, 2.45) is 0 Å². The Kier molecular flexibility index (Phi) is 3.50. The number of fused-ring (bicyclic) bond motifs is 1. The van der Waals surface area contributed by atoms with Crippen molar-refractivity contribution in [3.8, 4) is 0 Å². The van der Waals surface area contributed by atoms with Gasteiger partial charge in [0.25, 0.3) is 0 Å². The molecule has 0 aliphatic heterocycles. The van der Waals surface area contributed by atoms with Gasteiger partial charge in [0.1, 0.15) is 11.6 Å². The third kappa shape index (κ3) is 2.16. The number of para-hydroxylation sites is 1. The number of nitrogens with zero attached hydrogens (tertiary/aromatic N) is 2. The smallest absolute Gasteiger partial charge is 0.337 e. The summed E-state index contributed by atoms with van der Waals surface area (Å²) in [4.78, 5) is 26.9. The second kappa shape index (κ2) is 5.09. The highest BCUT2D eigenvalue weighted by molar-refractivity contribution is 6.01. The summed E-state index contributed by atoms with van der Waals surface area (Å²) in [6, 6.07) is 4.36. The number of ether oxygens (including phenoxy) is 1. The van der Waals surface area contributed by atoms with Crippen molar-refractivity contribution in [1.29, 1.82) is 0 Å². The van der Waals surface area contributed by atoms with Crippen LogP contribution in [0.1, 0.15) is 29.7 Å². The van der Waals surface area contributed by atoms with Gasteiger partial charge in [-0.05, 0) is 18.6 Å². The average Bonchev–Trinajstić information content (AvgIpc) is 2.83. The highest BCUT2D eigenvalue weighted by Crippen LogP contribution is 2.23. The Labute approximate surface area is 109 Å². The maximum Gasteiger partial charge on any atom is 0.337 e. The van der Waals surface area contributed by atoms with Crippen LogP contribution in [0.15, 0.2) is 24.5 Å². The molecule has 100 valence electrons. The maximum atomic E-state index is 11.7. The minimum Gasteiger partial charge on any atom is -0.478 e. The Hall–Kier alpha value is -2.37. The summed E-state index contributed by atoms with van der Waals surface area (Å²) in [7, 11) is 1.33. The van der Waals surface area contributed by atoms with Crippen molar-refractivity contribution in [2.75, 3.05) is 7.11 Å². The van der Waals surface area contributed by atoms with E-state index in [2.05, 4.69) is 4.98 Å². The summed E-state index contributed by atoms with van der Waals surface area (Å²) >= 11 is 0. The molecular formula is C13H14N2O4. The van der Waals surface area contributed by atoms with E-state index in [9.17, 15) is 9.59 Å². The van der Waals surface area contributed by atoms with Crippen LogP contribution in [0, 0.1) is 0 Å². The molecule has 0 fully saturated rings. The number of benzene rings is 1. The van der Waals surface area contributed by atoms with Gasteiger partial charge in [-0.25, -0.2) is 14.6 Å². The summed E-state index contributed by atoms with van der Waals surface area (Å²) in [6.45, 7) is 1.86. The maximum absolute atomic E-state index is 11.7. The van der Waals surface area contributed by atoms with E-state index < -0.39 is 12.0 Å². The number of hydrogen-bond donors (Lipinski definition) is 1. The Morgan fingerprint density at radius 3 is 2.79 bits per heavy atom. The Bertz CT molecular complexity index is 633. The highest BCUT2D eigenvalue weighted by atomic mass is 16.5. The largest absolute Gasteiger partial charge is 0.478 e. The molecule has 0 aliphatic rings. The summed E-state index contributed by atoms with van der Waals surface area (Å²) in [5.74, 6) is -1.41. The van der Waals surface area contributed by atoms with Crippen LogP contribution < -0.4 is 0 Å². The van der Waals surface area contributed by atoms with E-state index in [0.29, 0.717) is 17.5 Å². The van der Waals surface area contributed by atoms with Crippen molar-refractivity contribution in [1.82, 2.24) is 9.55 Å². The number of methoxy groups -OCH3 is 1. The molecule has 1 heterocycles. The number of aromatic carboxylic acids is 1. The van der Waals surface area contributed by atoms with Crippen LogP contribution in [0.3, 0.4) is 0 Å². The fraction of sp³-hybridized carbons (Fsp3) is 0.308. The lowest BCUT2D eigenvalue weighted by atomic mass is 10.1. The third-order valence-electron chi connectivity index (χ3n) is 3.03. The van der Waals surface area contributed by atoms with Crippen molar-refractivity contribution in [3.05, 3.63) is 30.1 Å². The number of esters is 1. The zero-order valence-corrected chi connectivity index (χ0v) is 10.7. The second-order valence-corrected chi connectivity index (χ2v) is 4.08. The average molecular weight is 262 g/mol. The third-order valence-corrected chi connectivity index (χ3v) is 3.03. The van der Waals surface area contributed by atoms with E-state index in [0.717, 1.165) is 0 Å². The molecule has 1 aromatic carbocycles. The molecular weight excluding hydrogens is 248 g/mol. The van der Waals surface area contributed by atoms with Gasteiger partial charge in [-0.2, -0.15) is 0 Å². The fourth-order valence-corrected chi connectivity index (χ4v) is 2.09. The van der Waals surface area contributed by atoms with Gasteiger partial charge < -0.3 is 14.4 Å². The summed E-state index contributed by atoms with van der Waals surface area (Å²) in [6.07, 6.45) is 2.01. The van der Waals surface area contributed by atoms with Crippen molar-refractivity contribution < 1.29 is 19.4 Å². The van der Waals surface area contributed by atoms with E-state index in [1.165, 1.54) is 19.5 Å². The zero-order valence-electron chi connectivity index (χ0n) is 10.7. The van der Waals surface area contributed by atoms with Gasteiger partial charge in [-0.3, -0.25) is 0 Å². The number of carbonyl (C=O) groups is 2. The van der Waals surface area contributed by atoms with Crippen molar-refractivity contribution in [3.63, 3.8) is 0 Å². The van der Waals surface area contributed by atoms with E-state index in [1.54, 1.807) is 16.7 Å². The van der Waals surface area contributed by atoms with Crippen molar-refractivity contribution >= 4 is 23.0 Å². The molecule has 1 atom stereocenters. The van der Waals surface area contributed by atoms with Gasteiger partial charge >= 0.3 is 11.9 Å². The fourth-order valence-electron chi connectivity index (χ4n) is 2.09. The number of imidazole rings is 1. The van der Waals surface area contributed by atoms with Crippen LogP contribution in [-0.4, -0.2) is 33.7 Å². The number of carbonyl (C=O) groups excluding carboxylic acids is 1. The quantitative estimate of drug-likeness (QED) is 0.850. The number of carboxylic acids is 1. The van der Waals surface area contributed by atoms with E-state index in [1.807, 2.05) is 6.92 Å². The van der Waals surface area contributed by atoms with Crippen LogP contribution in [-0.2, 0) is 9.53 Å². The minimum atomic E-state index is -1.04. The first-order chi connectivity index (χ1) is 9.10. The monoisotopic (exact) mass is 262 g/mol. The molecule has 0 aliphatic carbocycles. The normalized spacial score (nSPS) is 12.3. The minimum absolute atomic E-state index is 0.121. The summed E-state index contributed by atoms with van der Waals surface area (Å²) in [5.41, 5.74) is 1.10. The van der Waals surface area contributed by atoms with E-state index in [4.69, 9.17) is 9.84 Å². The first kappa shape index (κ1) is 13.1. The number of hydrogen-bond acceptors (Lipinski definition) is 4. The number of carboxylic acid groups (broad SMARTS) is 1. The molecule has 0 amide bonds. The number of aromatic nitrogens is 2. The van der Waals surface area contributed by atoms with Crippen LogP contribution >= 0.6 is 0 Å². The molecule has 2 aromatic rings. The molecule has 6 nitrogen and oxygen atoms in total. The van der Waals surface area contributed by atoms with Crippen LogP contribution in [0.25, 0.3) is 11.0 Å². The summed E-state index contributed by atoms with van der Waals surface area (Å²) < 4.78 is 6.40. The lowest BCUT2D eigenvalue weighted by molar-refractivity contribution is -0.144. The summed E-state index contributed by atoms with van der Waals surface area (Å²) in [5, 5.41) is 9.10. The van der Waals surface area contributed by atoms with Crippen LogP contribution in [0.5, 0.6) is 0 Å². The predicted octanol–water partition coefficient (Wildman–Crippen LogP) is 1.86. The zero-order chi connectivity index (χ0) is 14.0. The molecule has 1 aromatic heterocycles. The van der Waals surface area contributed by atoms with Crippen molar-refractivity contribution in [2.45, 2.75) is 19.4 Å². The molecule has 0 saturated heterocycles. The SMILES string of the molecule is CCC(C(=O)OC)n1cnc2c(C(=O)O)cccc21. The topological polar surface area (TPSA) is 81.4 Å². The van der Waals surface area contributed by atoms with Gasteiger partial charge in [0.15, 0.2) is 0 Å². The molecule has 2 rings (SSSR count). The Morgan fingerprint density at radius 2 is 2.21 bits per heavy atom. The molecule has 1 unspecified atom stereocenters. The van der Waals surface area contributed by atoms with Gasteiger partial charge in [0.05, 0.1) is 24.5 Å². The molecule has 19 heavy (non-hydrogen) atoms. The van der Waals surface area contributed by atoms with Gasteiger partial charge in [-0.1, -0.05) is 13.0 Å². The first-order valence-electron chi connectivity index (χ1n) is 5.86. The van der Waals surface area contributed by atoms with Crippen LogP contribution in [0.2, 0.25) is 0 Å². The molecule has 0 radical (unpaired) electrons. The standard InChI is InChI=1S/C13H14N2O4/c1-3-9(13(18)19-2)15-7-14-11-8(12(16)17)5-4-6-10(11)15/h4-7,9H,3H2,1-2H3,(H,16,17).